The Hall–Kier alpha value is -0.670. The molecule has 0 aliphatic heterocycles. The Morgan fingerprint density at radius 3 is 3.06 bits per heavy atom. The fraction of sp³-hybridized carbons (Fsp3) is 0.222. The fourth-order valence-corrected chi connectivity index (χ4v) is 1.69. The number of hydrogen-bond acceptors (Lipinski definition) is 4. The van der Waals surface area contributed by atoms with E-state index in [1.54, 1.807) is 19.2 Å². The molecule has 0 unspecified atom stereocenters. The SMILES string of the molecule is CCOC(=O)NC(=S)Nc1nccc(Cl)c1I. The van der Waals surface area contributed by atoms with Crippen molar-refractivity contribution in [2.45, 2.75) is 6.92 Å². The molecule has 0 aliphatic carbocycles. The number of anilines is 1. The molecule has 17 heavy (non-hydrogen) atoms. The van der Waals surface area contributed by atoms with Crippen molar-refractivity contribution in [2.75, 3.05) is 11.9 Å². The molecule has 1 heterocycles. The van der Waals surface area contributed by atoms with Gasteiger partial charge >= 0.3 is 6.09 Å². The maximum absolute atomic E-state index is 11.1. The first-order chi connectivity index (χ1) is 8.04. The molecule has 1 aromatic rings. The molecule has 92 valence electrons. The Morgan fingerprint density at radius 2 is 2.41 bits per heavy atom. The normalized spacial score (nSPS) is 9.59. The minimum Gasteiger partial charge on any atom is -0.450 e. The van der Waals surface area contributed by atoms with Crippen molar-refractivity contribution in [3.8, 4) is 0 Å². The molecule has 0 spiro atoms. The first-order valence-electron chi connectivity index (χ1n) is 4.59. The molecule has 0 radical (unpaired) electrons. The summed E-state index contributed by atoms with van der Waals surface area (Å²) >= 11 is 12.9. The van der Waals surface area contributed by atoms with Gasteiger partial charge in [-0.1, -0.05) is 11.6 Å². The standard InChI is InChI=1S/C9H9ClIN3O2S/c1-2-16-9(15)14-8(17)13-7-6(11)5(10)3-4-12-7/h3-4H,2H2,1H3,(H2,12,13,14,15,17). The number of halogens is 2. The van der Waals surface area contributed by atoms with Gasteiger partial charge in [0.25, 0.3) is 0 Å². The van der Waals surface area contributed by atoms with Gasteiger partial charge in [0, 0.05) is 6.20 Å². The van der Waals surface area contributed by atoms with Crippen LogP contribution in [0.4, 0.5) is 10.6 Å². The van der Waals surface area contributed by atoms with Crippen LogP contribution in [-0.2, 0) is 4.74 Å². The Kier molecular flexibility index (Phi) is 5.86. The second-order valence-electron chi connectivity index (χ2n) is 2.75. The van der Waals surface area contributed by atoms with Gasteiger partial charge in [0.1, 0.15) is 5.82 Å². The molecular weight excluding hydrogens is 377 g/mol. The molecule has 2 N–H and O–H groups in total. The summed E-state index contributed by atoms with van der Waals surface area (Å²) < 4.78 is 5.40. The predicted molar refractivity (Wildman–Crippen MR) is 78.3 cm³/mol. The number of nitrogens with one attached hydrogen (secondary N) is 2. The molecule has 0 saturated carbocycles. The Balaban J connectivity index is 2.62. The molecule has 0 aromatic carbocycles. The zero-order chi connectivity index (χ0) is 12.8. The van der Waals surface area contributed by atoms with Crippen LogP contribution in [0, 0.1) is 3.57 Å². The molecule has 8 heteroatoms. The zero-order valence-electron chi connectivity index (χ0n) is 8.79. The van der Waals surface area contributed by atoms with Crippen molar-refractivity contribution >= 4 is 63.4 Å². The van der Waals surface area contributed by atoms with Gasteiger partial charge in [-0.05, 0) is 47.8 Å². The maximum atomic E-state index is 11.1. The molecule has 0 atom stereocenters. The molecule has 1 aromatic heterocycles. The summed E-state index contributed by atoms with van der Waals surface area (Å²) in [5.74, 6) is 0.486. The van der Waals surface area contributed by atoms with E-state index in [1.807, 2.05) is 22.6 Å². The van der Waals surface area contributed by atoms with E-state index in [0.717, 1.165) is 3.57 Å². The monoisotopic (exact) mass is 385 g/mol. The number of amides is 1. The van der Waals surface area contributed by atoms with E-state index in [2.05, 4.69) is 20.4 Å². The number of alkyl carbamates (subject to hydrolysis) is 1. The van der Waals surface area contributed by atoms with Crippen molar-refractivity contribution in [1.82, 2.24) is 10.3 Å². The van der Waals surface area contributed by atoms with Crippen molar-refractivity contribution in [1.29, 1.82) is 0 Å². The molecule has 1 amide bonds. The van der Waals surface area contributed by atoms with Crippen LogP contribution in [0.3, 0.4) is 0 Å². The molecule has 0 saturated heterocycles. The number of thiocarbonyl (C=S) groups is 1. The number of nitrogens with zero attached hydrogens (tertiary/aromatic N) is 1. The number of rotatable bonds is 2. The van der Waals surface area contributed by atoms with E-state index in [-0.39, 0.29) is 11.7 Å². The van der Waals surface area contributed by atoms with Gasteiger partial charge in [-0.25, -0.2) is 9.78 Å². The highest BCUT2D eigenvalue weighted by molar-refractivity contribution is 14.1. The van der Waals surface area contributed by atoms with Crippen LogP contribution in [0.1, 0.15) is 6.92 Å². The number of carbonyl (C=O) groups is 1. The minimum absolute atomic E-state index is 0.108. The molecule has 0 bridgehead atoms. The Morgan fingerprint density at radius 1 is 1.71 bits per heavy atom. The predicted octanol–water partition coefficient (Wildman–Crippen LogP) is 2.78. The zero-order valence-corrected chi connectivity index (χ0v) is 12.5. The average Bonchev–Trinajstić information content (AvgIpc) is 2.25. The Bertz CT molecular complexity index is 444. The fourth-order valence-electron chi connectivity index (χ4n) is 0.906. The lowest BCUT2D eigenvalue weighted by Gasteiger charge is -2.10. The van der Waals surface area contributed by atoms with Gasteiger partial charge < -0.3 is 10.1 Å². The smallest absolute Gasteiger partial charge is 0.413 e. The number of ether oxygens (including phenoxy) is 1. The van der Waals surface area contributed by atoms with E-state index >= 15 is 0 Å². The first-order valence-corrected chi connectivity index (χ1v) is 6.45. The molecule has 0 aliphatic rings. The summed E-state index contributed by atoms with van der Waals surface area (Å²) in [6, 6.07) is 1.66. The lowest BCUT2D eigenvalue weighted by Crippen LogP contribution is -2.35. The minimum atomic E-state index is -0.609. The second-order valence-corrected chi connectivity index (χ2v) is 4.65. The van der Waals surface area contributed by atoms with Crippen LogP contribution in [-0.4, -0.2) is 22.8 Å². The number of pyridine rings is 1. The first kappa shape index (κ1) is 14.4. The van der Waals surface area contributed by atoms with E-state index < -0.39 is 6.09 Å². The van der Waals surface area contributed by atoms with Gasteiger partial charge in [0.2, 0.25) is 0 Å². The Labute approximate surface area is 122 Å². The molecule has 5 nitrogen and oxygen atoms in total. The van der Waals surface area contributed by atoms with Crippen LogP contribution in [0.2, 0.25) is 5.02 Å². The highest BCUT2D eigenvalue weighted by Crippen LogP contribution is 2.23. The lowest BCUT2D eigenvalue weighted by molar-refractivity contribution is 0.158. The average molecular weight is 386 g/mol. The third kappa shape index (κ3) is 4.60. The highest BCUT2D eigenvalue weighted by atomic mass is 127. The largest absolute Gasteiger partial charge is 0.450 e. The van der Waals surface area contributed by atoms with Crippen molar-refractivity contribution in [2.24, 2.45) is 0 Å². The highest BCUT2D eigenvalue weighted by Gasteiger charge is 2.09. The molecular formula is C9H9ClIN3O2S. The van der Waals surface area contributed by atoms with Crippen LogP contribution in [0.5, 0.6) is 0 Å². The quantitative estimate of drug-likeness (QED) is 0.605. The van der Waals surface area contributed by atoms with Crippen LogP contribution < -0.4 is 10.6 Å². The number of hydrogen-bond donors (Lipinski definition) is 2. The van der Waals surface area contributed by atoms with Crippen molar-refractivity contribution in [3.63, 3.8) is 0 Å². The summed E-state index contributed by atoms with van der Waals surface area (Å²) in [5.41, 5.74) is 0. The third-order valence-corrected chi connectivity index (χ3v) is 3.49. The van der Waals surface area contributed by atoms with Crippen molar-refractivity contribution < 1.29 is 9.53 Å². The lowest BCUT2D eigenvalue weighted by atomic mass is 10.4. The van der Waals surface area contributed by atoms with Gasteiger partial charge in [-0.15, -0.1) is 0 Å². The van der Waals surface area contributed by atoms with Gasteiger partial charge in [-0.2, -0.15) is 0 Å². The molecule has 0 fully saturated rings. The topological polar surface area (TPSA) is 63.2 Å². The van der Waals surface area contributed by atoms with Crippen molar-refractivity contribution in [3.05, 3.63) is 20.9 Å². The molecule has 1 rings (SSSR count). The van der Waals surface area contributed by atoms with Gasteiger partial charge in [0.05, 0.1) is 15.2 Å². The summed E-state index contributed by atoms with van der Waals surface area (Å²) in [4.78, 5) is 15.1. The maximum Gasteiger partial charge on any atom is 0.413 e. The van der Waals surface area contributed by atoms with E-state index in [9.17, 15) is 4.79 Å². The van der Waals surface area contributed by atoms with E-state index in [1.165, 1.54) is 0 Å². The number of carbonyl (C=O) groups excluding carboxylic acids is 1. The van der Waals surface area contributed by atoms with Gasteiger partial charge in [0.15, 0.2) is 5.11 Å². The van der Waals surface area contributed by atoms with E-state index in [4.69, 9.17) is 23.8 Å². The number of aromatic nitrogens is 1. The van der Waals surface area contributed by atoms with E-state index in [0.29, 0.717) is 10.8 Å². The summed E-state index contributed by atoms with van der Waals surface area (Å²) in [6.07, 6.45) is 0.932. The van der Waals surface area contributed by atoms with Crippen LogP contribution >= 0.6 is 46.4 Å². The second kappa shape index (κ2) is 6.92. The summed E-state index contributed by atoms with van der Waals surface area (Å²) in [5, 5.41) is 5.77. The summed E-state index contributed by atoms with van der Waals surface area (Å²) in [7, 11) is 0. The van der Waals surface area contributed by atoms with Crippen LogP contribution in [0.15, 0.2) is 12.3 Å². The van der Waals surface area contributed by atoms with Gasteiger partial charge in [-0.3, -0.25) is 5.32 Å². The summed E-state index contributed by atoms with van der Waals surface area (Å²) in [6.45, 7) is 1.99. The van der Waals surface area contributed by atoms with Crippen LogP contribution in [0.25, 0.3) is 0 Å². The third-order valence-electron chi connectivity index (χ3n) is 1.57.